The Morgan fingerprint density at radius 1 is 1.30 bits per heavy atom. The van der Waals surface area contributed by atoms with Gasteiger partial charge >= 0.3 is 0 Å². The molecule has 0 radical (unpaired) electrons. The molecule has 0 unspecified atom stereocenters. The first-order chi connectivity index (χ1) is 9.63. The Kier molecular flexibility index (Phi) is 3.11. The molecule has 1 aromatic carbocycles. The van der Waals surface area contributed by atoms with E-state index in [1.807, 2.05) is 19.1 Å². The predicted molar refractivity (Wildman–Crippen MR) is 73.0 cm³/mol. The Morgan fingerprint density at radius 2 is 2.05 bits per heavy atom. The summed E-state index contributed by atoms with van der Waals surface area (Å²) < 4.78 is 6.80. The minimum atomic E-state index is 0.330. The highest BCUT2D eigenvalue weighted by Gasteiger charge is 2.12. The van der Waals surface area contributed by atoms with E-state index in [2.05, 4.69) is 20.5 Å². The average molecular weight is 291 g/mol. The van der Waals surface area contributed by atoms with Crippen molar-refractivity contribution in [3.05, 3.63) is 40.9 Å². The zero-order valence-electron chi connectivity index (χ0n) is 10.6. The van der Waals surface area contributed by atoms with Gasteiger partial charge < -0.3 is 10.3 Å². The Labute approximate surface area is 119 Å². The summed E-state index contributed by atoms with van der Waals surface area (Å²) in [6.45, 7) is 2.16. The van der Waals surface area contributed by atoms with E-state index in [4.69, 9.17) is 21.9 Å². The fraction of sp³-hybridized carbons (Fsp3) is 0.167. The van der Waals surface area contributed by atoms with Crippen molar-refractivity contribution in [2.75, 3.05) is 5.73 Å². The molecule has 20 heavy (non-hydrogen) atoms. The SMILES string of the molecule is Cc1c(N)nnn1Cc1nc(-c2ccc(Cl)cc2)no1. The fourth-order valence-electron chi connectivity index (χ4n) is 1.69. The molecule has 8 heteroatoms. The third-order valence-corrected chi connectivity index (χ3v) is 3.13. The van der Waals surface area contributed by atoms with Crippen molar-refractivity contribution in [1.29, 1.82) is 0 Å². The highest BCUT2D eigenvalue weighted by atomic mass is 35.5. The van der Waals surface area contributed by atoms with E-state index in [-0.39, 0.29) is 0 Å². The van der Waals surface area contributed by atoms with Gasteiger partial charge in [0.2, 0.25) is 11.7 Å². The van der Waals surface area contributed by atoms with Crippen LogP contribution in [-0.2, 0) is 6.54 Å². The molecule has 0 aliphatic heterocycles. The molecule has 3 aromatic rings. The molecular weight excluding hydrogens is 280 g/mol. The van der Waals surface area contributed by atoms with Crippen molar-refractivity contribution < 1.29 is 4.52 Å². The minimum absolute atomic E-state index is 0.330. The molecule has 102 valence electrons. The number of hydrogen-bond donors (Lipinski definition) is 1. The summed E-state index contributed by atoms with van der Waals surface area (Å²) in [6, 6.07) is 7.20. The first-order valence-corrected chi connectivity index (χ1v) is 6.25. The maximum Gasteiger partial charge on any atom is 0.248 e. The molecule has 0 aliphatic carbocycles. The van der Waals surface area contributed by atoms with Gasteiger partial charge in [0.1, 0.15) is 6.54 Å². The van der Waals surface area contributed by atoms with Gasteiger partial charge in [-0.2, -0.15) is 4.98 Å². The van der Waals surface area contributed by atoms with E-state index in [0.29, 0.717) is 29.1 Å². The molecule has 3 rings (SSSR count). The lowest BCUT2D eigenvalue weighted by molar-refractivity contribution is 0.363. The van der Waals surface area contributed by atoms with Gasteiger partial charge in [-0.3, -0.25) is 0 Å². The first kappa shape index (κ1) is 12.6. The number of nitrogens with two attached hydrogens (primary N) is 1. The van der Waals surface area contributed by atoms with E-state index in [1.165, 1.54) is 0 Å². The Morgan fingerprint density at radius 3 is 2.70 bits per heavy atom. The summed E-state index contributed by atoms with van der Waals surface area (Å²) in [5.74, 6) is 1.33. The van der Waals surface area contributed by atoms with Crippen LogP contribution in [-0.4, -0.2) is 25.1 Å². The van der Waals surface area contributed by atoms with Crippen LogP contribution in [0.4, 0.5) is 5.82 Å². The van der Waals surface area contributed by atoms with Crippen molar-refractivity contribution in [2.24, 2.45) is 0 Å². The van der Waals surface area contributed by atoms with Crippen LogP contribution in [0.15, 0.2) is 28.8 Å². The number of nitrogens with zero attached hydrogens (tertiary/aromatic N) is 5. The van der Waals surface area contributed by atoms with Crippen LogP contribution in [0.2, 0.25) is 5.02 Å². The fourth-order valence-corrected chi connectivity index (χ4v) is 1.81. The van der Waals surface area contributed by atoms with Gasteiger partial charge in [0, 0.05) is 10.6 Å². The smallest absolute Gasteiger partial charge is 0.248 e. The molecule has 2 aromatic heterocycles. The molecular formula is C12H11ClN6O. The Bertz CT molecular complexity index is 733. The molecule has 7 nitrogen and oxygen atoms in total. The molecule has 0 saturated heterocycles. The summed E-state index contributed by atoms with van der Waals surface area (Å²) in [4.78, 5) is 4.31. The number of hydrogen-bond acceptors (Lipinski definition) is 6. The second kappa shape index (κ2) is 4.93. The standard InChI is InChI=1S/C12H11ClN6O/c1-7-11(14)16-18-19(7)6-10-15-12(17-20-10)8-2-4-9(13)5-3-8/h2-5H,6,14H2,1H3. The number of aromatic nitrogens is 5. The number of anilines is 1. The molecule has 0 aliphatic rings. The Balaban J connectivity index is 1.83. The topological polar surface area (TPSA) is 95.7 Å². The summed E-state index contributed by atoms with van der Waals surface area (Å²) in [7, 11) is 0. The molecule has 0 atom stereocenters. The molecule has 2 heterocycles. The van der Waals surface area contributed by atoms with Crippen molar-refractivity contribution in [3.63, 3.8) is 0 Å². The van der Waals surface area contributed by atoms with E-state index in [1.54, 1.807) is 16.8 Å². The maximum absolute atomic E-state index is 5.84. The lowest BCUT2D eigenvalue weighted by Gasteiger charge is -1.97. The van der Waals surface area contributed by atoms with Crippen LogP contribution in [0.25, 0.3) is 11.4 Å². The normalized spacial score (nSPS) is 10.9. The summed E-state index contributed by atoms with van der Waals surface area (Å²) >= 11 is 5.84. The second-order valence-corrected chi connectivity index (χ2v) is 4.67. The number of halogens is 1. The zero-order valence-corrected chi connectivity index (χ0v) is 11.4. The molecule has 0 bridgehead atoms. The van der Waals surface area contributed by atoms with Crippen molar-refractivity contribution in [2.45, 2.75) is 13.5 Å². The number of rotatable bonds is 3. The van der Waals surface area contributed by atoms with Gasteiger partial charge in [-0.15, -0.1) is 5.10 Å². The average Bonchev–Trinajstić information content (AvgIpc) is 3.02. The van der Waals surface area contributed by atoms with Crippen LogP contribution >= 0.6 is 11.6 Å². The van der Waals surface area contributed by atoms with Gasteiger partial charge in [-0.05, 0) is 31.2 Å². The lowest BCUT2D eigenvalue weighted by atomic mass is 10.2. The van der Waals surface area contributed by atoms with Crippen LogP contribution in [0.1, 0.15) is 11.6 Å². The van der Waals surface area contributed by atoms with Gasteiger partial charge in [0.15, 0.2) is 5.82 Å². The van der Waals surface area contributed by atoms with Crippen molar-refractivity contribution in [1.82, 2.24) is 25.1 Å². The van der Waals surface area contributed by atoms with Crippen LogP contribution in [0.5, 0.6) is 0 Å². The highest BCUT2D eigenvalue weighted by molar-refractivity contribution is 6.30. The summed E-state index contributed by atoms with van der Waals surface area (Å²) in [5, 5.41) is 12.3. The third-order valence-electron chi connectivity index (χ3n) is 2.87. The van der Waals surface area contributed by atoms with E-state index in [0.717, 1.165) is 11.3 Å². The van der Waals surface area contributed by atoms with Gasteiger partial charge in [-0.25, -0.2) is 4.68 Å². The summed E-state index contributed by atoms with van der Waals surface area (Å²) in [5.41, 5.74) is 7.22. The quantitative estimate of drug-likeness (QED) is 0.791. The van der Waals surface area contributed by atoms with Gasteiger partial charge in [0.05, 0.1) is 5.69 Å². The first-order valence-electron chi connectivity index (χ1n) is 5.87. The second-order valence-electron chi connectivity index (χ2n) is 4.24. The minimum Gasteiger partial charge on any atom is -0.381 e. The molecule has 0 spiro atoms. The number of benzene rings is 1. The summed E-state index contributed by atoms with van der Waals surface area (Å²) in [6.07, 6.45) is 0. The molecule has 0 saturated carbocycles. The van der Waals surface area contributed by atoms with E-state index < -0.39 is 0 Å². The molecule has 2 N–H and O–H groups in total. The highest BCUT2D eigenvalue weighted by Crippen LogP contribution is 2.19. The van der Waals surface area contributed by atoms with Gasteiger partial charge in [0.25, 0.3) is 0 Å². The zero-order chi connectivity index (χ0) is 14.1. The maximum atomic E-state index is 5.84. The largest absolute Gasteiger partial charge is 0.381 e. The van der Waals surface area contributed by atoms with Crippen LogP contribution in [0.3, 0.4) is 0 Å². The van der Waals surface area contributed by atoms with Gasteiger partial charge in [-0.1, -0.05) is 22.0 Å². The van der Waals surface area contributed by atoms with Crippen LogP contribution < -0.4 is 5.73 Å². The van der Waals surface area contributed by atoms with Crippen LogP contribution in [0, 0.1) is 6.92 Å². The number of nitrogen functional groups attached to an aromatic ring is 1. The lowest BCUT2D eigenvalue weighted by Crippen LogP contribution is -2.04. The molecule has 0 amide bonds. The van der Waals surface area contributed by atoms with Crippen molar-refractivity contribution >= 4 is 17.4 Å². The van der Waals surface area contributed by atoms with E-state index in [9.17, 15) is 0 Å². The molecule has 0 fully saturated rings. The third kappa shape index (κ3) is 2.35. The Hall–Kier alpha value is -2.41. The predicted octanol–water partition coefficient (Wildman–Crippen LogP) is 1.92. The van der Waals surface area contributed by atoms with E-state index >= 15 is 0 Å². The van der Waals surface area contributed by atoms with Crippen molar-refractivity contribution in [3.8, 4) is 11.4 Å². The monoisotopic (exact) mass is 290 g/mol.